The van der Waals surface area contributed by atoms with Gasteiger partial charge in [0.1, 0.15) is 0 Å². The number of aromatic nitrogens is 1. The molecule has 84 valence electrons. The predicted octanol–water partition coefficient (Wildman–Crippen LogP) is 4.98. The van der Waals surface area contributed by atoms with Crippen LogP contribution in [-0.2, 0) is 0 Å². The summed E-state index contributed by atoms with van der Waals surface area (Å²) in [5.41, 5.74) is 2.69. The SMILES string of the molecule is Brc1cccc2[nH]c(C3CCCCC3)cc12. The molecule has 2 aromatic rings. The summed E-state index contributed by atoms with van der Waals surface area (Å²) in [7, 11) is 0. The number of aromatic amines is 1. The zero-order chi connectivity index (χ0) is 11.0. The van der Waals surface area contributed by atoms with Crippen LogP contribution in [0.1, 0.15) is 43.7 Å². The van der Waals surface area contributed by atoms with Crippen LogP contribution in [0, 0.1) is 0 Å². The molecule has 0 spiro atoms. The molecule has 0 atom stereocenters. The summed E-state index contributed by atoms with van der Waals surface area (Å²) in [6.07, 6.45) is 6.90. The highest BCUT2D eigenvalue weighted by atomic mass is 79.9. The minimum absolute atomic E-state index is 0.757. The van der Waals surface area contributed by atoms with Crippen molar-refractivity contribution < 1.29 is 0 Å². The fraction of sp³-hybridized carbons (Fsp3) is 0.429. The van der Waals surface area contributed by atoms with Gasteiger partial charge in [-0.15, -0.1) is 0 Å². The van der Waals surface area contributed by atoms with Crippen molar-refractivity contribution in [3.8, 4) is 0 Å². The average Bonchev–Trinajstić information content (AvgIpc) is 2.76. The van der Waals surface area contributed by atoms with Crippen molar-refractivity contribution in [3.05, 3.63) is 34.4 Å². The maximum Gasteiger partial charge on any atom is 0.0467 e. The summed E-state index contributed by atoms with van der Waals surface area (Å²) < 4.78 is 1.20. The van der Waals surface area contributed by atoms with Gasteiger partial charge in [-0.25, -0.2) is 0 Å². The number of hydrogen-bond acceptors (Lipinski definition) is 0. The van der Waals surface area contributed by atoms with Gasteiger partial charge in [-0.05, 0) is 37.0 Å². The van der Waals surface area contributed by atoms with Crippen molar-refractivity contribution in [1.82, 2.24) is 4.98 Å². The van der Waals surface area contributed by atoms with Crippen molar-refractivity contribution in [3.63, 3.8) is 0 Å². The fourth-order valence-corrected chi connectivity index (χ4v) is 3.25. The molecule has 1 fully saturated rings. The lowest BCUT2D eigenvalue weighted by Gasteiger charge is -2.20. The molecule has 2 heteroatoms. The lowest BCUT2D eigenvalue weighted by atomic mass is 9.87. The van der Waals surface area contributed by atoms with Crippen molar-refractivity contribution in [1.29, 1.82) is 0 Å². The van der Waals surface area contributed by atoms with E-state index in [-0.39, 0.29) is 0 Å². The summed E-state index contributed by atoms with van der Waals surface area (Å²) in [5.74, 6) is 0.757. The van der Waals surface area contributed by atoms with Crippen molar-refractivity contribution in [2.24, 2.45) is 0 Å². The number of H-pyrrole nitrogens is 1. The van der Waals surface area contributed by atoms with Crippen LogP contribution in [0.15, 0.2) is 28.7 Å². The fourth-order valence-electron chi connectivity index (χ4n) is 2.77. The molecule has 1 aromatic heterocycles. The predicted molar refractivity (Wildman–Crippen MR) is 71.8 cm³/mol. The second-order valence-electron chi connectivity index (χ2n) is 4.76. The van der Waals surface area contributed by atoms with Gasteiger partial charge in [0.15, 0.2) is 0 Å². The molecule has 0 aliphatic heterocycles. The molecule has 1 aliphatic rings. The van der Waals surface area contributed by atoms with Gasteiger partial charge >= 0.3 is 0 Å². The van der Waals surface area contributed by atoms with Gasteiger partial charge in [-0.3, -0.25) is 0 Å². The minimum Gasteiger partial charge on any atom is -0.358 e. The van der Waals surface area contributed by atoms with Crippen LogP contribution in [0.4, 0.5) is 0 Å². The molecule has 3 rings (SSSR count). The van der Waals surface area contributed by atoms with Crippen LogP contribution in [-0.4, -0.2) is 4.98 Å². The largest absolute Gasteiger partial charge is 0.358 e. The van der Waals surface area contributed by atoms with Gasteiger partial charge in [0.2, 0.25) is 0 Å². The molecule has 1 saturated carbocycles. The Balaban J connectivity index is 2.01. The van der Waals surface area contributed by atoms with E-state index in [0.717, 1.165) is 5.92 Å². The van der Waals surface area contributed by atoms with E-state index in [4.69, 9.17) is 0 Å². The lowest BCUT2D eigenvalue weighted by molar-refractivity contribution is 0.438. The van der Waals surface area contributed by atoms with Gasteiger partial charge in [-0.1, -0.05) is 41.3 Å². The molecule has 1 nitrogen and oxygen atoms in total. The van der Waals surface area contributed by atoms with E-state index in [1.807, 2.05) is 0 Å². The zero-order valence-corrected chi connectivity index (χ0v) is 10.9. The Labute approximate surface area is 104 Å². The van der Waals surface area contributed by atoms with Gasteiger partial charge < -0.3 is 4.98 Å². The number of rotatable bonds is 1. The first-order chi connectivity index (χ1) is 7.84. The van der Waals surface area contributed by atoms with E-state index in [2.05, 4.69) is 45.2 Å². The van der Waals surface area contributed by atoms with Gasteiger partial charge in [0.25, 0.3) is 0 Å². The monoisotopic (exact) mass is 277 g/mol. The molecule has 1 aromatic carbocycles. The number of fused-ring (bicyclic) bond motifs is 1. The summed E-state index contributed by atoms with van der Waals surface area (Å²) in [6, 6.07) is 8.69. The third-order valence-electron chi connectivity index (χ3n) is 3.68. The normalized spacial score (nSPS) is 18.1. The zero-order valence-electron chi connectivity index (χ0n) is 9.30. The first-order valence-electron chi connectivity index (χ1n) is 6.12. The molecule has 0 amide bonds. The van der Waals surface area contributed by atoms with Crippen LogP contribution >= 0.6 is 15.9 Å². The second-order valence-corrected chi connectivity index (χ2v) is 5.62. The smallest absolute Gasteiger partial charge is 0.0467 e. The number of hydrogen-bond donors (Lipinski definition) is 1. The second kappa shape index (κ2) is 4.25. The Morgan fingerprint density at radius 2 is 1.94 bits per heavy atom. The highest BCUT2D eigenvalue weighted by Gasteiger charge is 2.17. The summed E-state index contributed by atoms with van der Waals surface area (Å²) in [4.78, 5) is 3.58. The number of benzene rings is 1. The lowest BCUT2D eigenvalue weighted by Crippen LogP contribution is -2.04. The van der Waals surface area contributed by atoms with Crippen LogP contribution in [0.5, 0.6) is 0 Å². The molecule has 1 heterocycles. The Kier molecular flexibility index (Phi) is 2.76. The van der Waals surface area contributed by atoms with Crippen molar-refractivity contribution >= 4 is 26.8 Å². The molecule has 1 aliphatic carbocycles. The quantitative estimate of drug-likeness (QED) is 0.757. The van der Waals surface area contributed by atoms with Gasteiger partial charge in [0.05, 0.1) is 0 Å². The van der Waals surface area contributed by atoms with Crippen LogP contribution in [0.2, 0.25) is 0 Å². The minimum atomic E-state index is 0.757. The van der Waals surface area contributed by atoms with Crippen LogP contribution in [0.25, 0.3) is 10.9 Å². The molecule has 0 unspecified atom stereocenters. The summed E-state index contributed by atoms with van der Waals surface area (Å²) >= 11 is 3.61. The molecule has 0 bridgehead atoms. The van der Waals surface area contributed by atoms with E-state index in [0.29, 0.717) is 0 Å². The highest BCUT2D eigenvalue weighted by molar-refractivity contribution is 9.10. The van der Waals surface area contributed by atoms with E-state index >= 15 is 0 Å². The Morgan fingerprint density at radius 1 is 1.12 bits per heavy atom. The van der Waals surface area contributed by atoms with Gasteiger partial charge in [-0.2, -0.15) is 0 Å². The Hall–Kier alpha value is -0.760. The highest BCUT2D eigenvalue weighted by Crippen LogP contribution is 2.35. The van der Waals surface area contributed by atoms with E-state index in [1.165, 1.54) is 53.2 Å². The number of nitrogens with one attached hydrogen (secondary N) is 1. The topological polar surface area (TPSA) is 15.8 Å². The maximum atomic E-state index is 3.61. The molecule has 0 radical (unpaired) electrons. The maximum absolute atomic E-state index is 3.61. The molecule has 0 saturated heterocycles. The summed E-state index contributed by atoms with van der Waals surface area (Å²) in [6.45, 7) is 0. The van der Waals surface area contributed by atoms with E-state index in [9.17, 15) is 0 Å². The average molecular weight is 278 g/mol. The van der Waals surface area contributed by atoms with E-state index < -0.39 is 0 Å². The van der Waals surface area contributed by atoms with Crippen LogP contribution < -0.4 is 0 Å². The summed E-state index contributed by atoms with van der Waals surface area (Å²) in [5, 5.41) is 1.32. The van der Waals surface area contributed by atoms with Gasteiger partial charge in [0, 0.05) is 21.1 Å². The van der Waals surface area contributed by atoms with Crippen molar-refractivity contribution in [2.45, 2.75) is 38.0 Å². The first-order valence-corrected chi connectivity index (χ1v) is 6.91. The molecule has 16 heavy (non-hydrogen) atoms. The first kappa shape index (κ1) is 10.4. The Morgan fingerprint density at radius 3 is 2.69 bits per heavy atom. The molecule has 1 N–H and O–H groups in total. The van der Waals surface area contributed by atoms with Crippen molar-refractivity contribution in [2.75, 3.05) is 0 Å². The molecular formula is C14H16BrN. The van der Waals surface area contributed by atoms with Crippen LogP contribution in [0.3, 0.4) is 0 Å². The standard InChI is InChI=1S/C14H16BrN/c15-12-7-4-8-13-11(12)9-14(16-13)10-5-2-1-3-6-10/h4,7-10,16H,1-3,5-6H2. The number of halogens is 1. The third-order valence-corrected chi connectivity index (χ3v) is 4.37. The molecular weight excluding hydrogens is 262 g/mol. The van der Waals surface area contributed by atoms with E-state index in [1.54, 1.807) is 0 Å². The Bertz CT molecular complexity index is 494. The third kappa shape index (κ3) is 1.80.